The molecular weight excluding hydrogens is 300 g/mol. The van der Waals surface area contributed by atoms with Crippen LogP contribution in [0.5, 0.6) is 5.75 Å². The molecule has 0 aromatic heterocycles. The first kappa shape index (κ1) is 13.9. The molecule has 0 saturated carbocycles. The molecule has 0 N–H and O–H groups in total. The average molecular weight is 317 g/mol. The van der Waals surface area contributed by atoms with Crippen molar-refractivity contribution in [1.29, 1.82) is 0 Å². The summed E-state index contributed by atoms with van der Waals surface area (Å²) in [6.45, 7) is 2.77. The van der Waals surface area contributed by atoms with E-state index in [1.54, 1.807) is 0 Å². The Morgan fingerprint density at radius 3 is 2.74 bits per heavy atom. The fourth-order valence-corrected chi connectivity index (χ4v) is 2.20. The van der Waals surface area contributed by atoms with Crippen LogP contribution in [0, 0.1) is 6.92 Å². The molecule has 2 aromatic rings. The van der Waals surface area contributed by atoms with Crippen molar-refractivity contribution < 1.29 is 4.74 Å². The Labute approximate surface area is 123 Å². The van der Waals surface area contributed by atoms with Crippen LogP contribution in [0.4, 0.5) is 0 Å². The fraction of sp³-hybridized carbons (Fsp3) is 0.176. The van der Waals surface area contributed by atoms with Crippen molar-refractivity contribution in [3.8, 4) is 5.75 Å². The summed E-state index contributed by atoms with van der Waals surface area (Å²) >= 11 is 3.46. The SMILES string of the molecule is Cc1cccc(OCCC=Cc2cccc(Br)c2)c1. The summed E-state index contributed by atoms with van der Waals surface area (Å²) in [6.07, 6.45) is 5.16. The summed E-state index contributed by atoms with van der Waals surface area (Å²) in [6, 6.07) is 16.4. The van der Waals surface area contributed by atoms with Crippen molar-refractivity contribution >= 4 is 22.0 Å². The minimum absolute atomic E-state index is 0.702. The number of hydrogen-bond donors (Lipinski definition) is 0. The first-order chi connectivity index (χ1) is 9.24. The minimum Gasteiger partial charge on any atom is -0.493 e. The lowest BCUT2D eigenvalue weighted by molar-refractivity contribution is 0.325. The molecule has 0 aliphatic rings. The van der Waals surface area contributed by atoms with Crippen LogP contribution in [-0.2, 0) is 0 Å². The van der Waals surface area contributed by atoms with E-state index in [2.05, 4.69) is 59.3 Å². The van der Waals surface area contributed by atoms with Gasteiger partial charge in [-0.1, -0.05) is 52.3 Å². The van der Waals surface area contributed by atoms with Gasteiger partial charge < -0.3 is 4.74 Å². The van der Waals surface area contributed by atoms with E-state index in [4.69, 9.17) is 4.74 Å². The van der Waals surface area contributed by atoms with E-state index in [1.165, 1.54) is 11.1 Å². The van der Waals surface area contributed by atoms with E-state index in [1.807, 2.05) is 24.3 Å². The largest absolute Gasteiger partial charge is 0.493 e. The van der Waals surface area contributed by atoms with Crippen LogP contribution in [0.1, 0.15) is 17.5 Å². The van der Waals surface area contributed by atoms with E-state index < -0.39 is 0 Å². The van der Waals surface area contributed by atoms with Gasteiger partial charge >= 0.3 is 0 Å². The van der Waals surface area contributed by atoms with Crippen molar-refractivity contribution in [3.63, 3.8) is 0 Å². The van der Waals surface area contributed by atoms with E-state index in [9.17, 15) is 0 Å². The lowest BCUT2D eigenvalue weighted by Crippen LogP contribution is -1.95. The summed E-state index contributed by atoms with van der Waals surface area (Å²) in [7, 11) is 0. The van der Waals surface area contributed by atoms with Gasteiger partial charge in [0.2, 0.25) is 0 Å². The first-order valence-electron chi connectivity index (χ1n) is 6.35. The minimum atomic E-state index is 0.702. The van der Waals surface area contributed by atoms with E-state index in [-0.39, 0.29) is 0 Å². The standard InChI is InChI=1S/C17H17BrO/c1-14-6-4-10-17(12-14)19-11-3-2-7-15-8-5-9-16(18)13-15/h2,4-10,12-13H,3,11H2,1H3. The summed E-state index contributed by atoms with van der Waals surface area (Å²) in [5, 5.41) is 0. The Morgan fingerprint density at radius 1 is 1.11 bits per heavy atom. The smallest absolute Gasteiger partial charge is 0.119 e. The van der Waals surface area contributed by atoms with Crippen molar-refractivity contribution in [2.24, 2.45) is 0 Å². The van der Waals surface area contributed by atoms with Crippen LogP contribution >= 0.6 is 15.9 Å². The van der Waals surface area contributed by atoms with Gasteiger partial charge in [-0.2, -0.15) is 0 Å². The third-order valence-electron chi connectivity index (χ3n) is 2.70. The molecular formula is C17H17BrO. The zero-order valence-electron chi connectivity index (χ0n) is 11.0. The van der Waals surface area contributed by atoms with Gasteiger partial charge in [-0.25, -0.2) is 0 Å². The highest BCUT2D eigenvalue weighted by Crippen LogP contribution is 2.14. The molecule has 0 bridgehead atoms. The predicted molar refractivity (Wildman–Crippen MR) is 84.5 cm³/mol. The zero-order chi connectivity index (χ0) is 13.5. The second-order valence-electron chi connectivity index (χ2n) is 4.41. The topological polar surface area (TPSA) is 9.23 Å². The fourth-order valence-electron chi connectivity index (χ4n) is 1.78. The molecule has 19 heavy (non-hydrogen) atoms. The van der Waals surface area contributed by atoms with E-state index in [0.29, 0.717) is 6.61 Å². The number of hydrogen-bond acceptors (Lipinski definition) is 1. The Balaban J connectivity index is 1.78. The van der Waals surface area contributed by atoms with Gasteiger partial charge in [-0.3, -0.25) is 0 Å². The molecule has 0 radical (unpaired) electrons. The summed E-state index contributed by atoms with van der Waals surface area (Å²) in [5.74, 6) is 0.941. The molecule has 0 fully saturated rings. The summed E-state index contributed by atoms with van der Waals surface area (Å²) in [4.78, 5) is 0. The highest BCUT2D eigenvalue weighted by atomic mass is 79.9. The zero-order valence-corrected chi connectivity index (χ0v) is 12.6. The highest BCUT2D eigenvalue weighted by molar-refractivity contribution is 9.10. The third kappa shape index (κ3) is 4.92. The van der Waals surface area contributed by atoms with Crippen LogP contribution in [-0.4, -0.2) is 6.61 Å². The monoisotopic (exact) mass is 316 g/mol. The molecule has 1 nitrogen and oxygen atoms in total. The second kappa shape index (κ2) is 7.15. The van der Waals surface area contributed by atoms with Gasteiger partial charge in [0.15, 0.2) is 0 Å². The van der Waals surface area contributed by atoms with Crippen molar-refractivity contribution in [2.75, 3.05) is 6.61 Å². The van der Waals surface area contributed by atoms with Gasteiger partial charge in [-0.15, -0.1) is 0 Å². The number of aryl methyl sites for hydroxylation is 1. The lowest BCUT2D eigenvalue weighted by atomic mass is 10.2. The number of rotatable bonds is 5. The highest BCUT2D eigenvalue weighted by Gasteiger charge is 1.92. The van der Waals surface area contributed by atoms with Crippen molar-refractivity contribution in [3.05, 3.63) is 70.2 Å². The Hall–Kier alpha value is -1.54. The summed E-state index contributed by atoms with van der Waals surface area (Å²) in [5.41, 5.74) is 2.42. The number of benzene rings is 2. The van der Waals surface area contributed by atoms with Gasteiger partial charge in [0.1, 0.15) is 5.75 Å². The molecule has 2 heteroatoms. The average Bonchev–Trinajstić information content (AvgIpc) is 2.38. The number of ether oxygens (including phenoxy) is 1. The molecule has 0 saturated heterocycles. The van der Waals surface area contributed by atoms with E-state index >= 15 is 0 Å². The summed E-state index contributed by atoms with van der Waals surface area (Å²) < 4.78 is 6.79. The Morgan fingerprint density at radius 2 is 1.95 bits per heavy atom. The molecule has 2 rings (SSSR count). The Bertz CT molecular complexity index is 561. The van der Waals surface area contributed by atoms with E-state index in [0.717, 1.165) is 16.6 Å². The van der Waals surface area contributed by atoms with Gasteiger partial charge in [0, 0.05) is 4.47 Å². The lowest BCUT2D eigenvalue weighted by Gasteiger charge is -2.04. The van der Waals surface area contributed by atoms with Crippen molar-refractivity contribution in [1.82, 2.24) is 0 Å². The molecule has 0 atom stereocenters. The normalized spacial score (nSPS) is 10.8. The van der Waals surface area contributed by atoms with Crippen molar-refractivity contribution in [2.45, 2.75) is 13.3 Å². The van der Waals surface area contributed by atoms with Gasteiger partial charge in [0.25, 0.3) is 0 Å². The second-order valence-corrected chi connectivity index (χ2v) is 5.33. The van der Waals surface area contributed by atoms with Crippen LogP contribution in [0.25, 0.3) is 6.08 Å². The van der Waals surface area contributed by atoms with Gasteiger partial charge in [0.05, 0.1) is 6.61 Å². The van der Waals surface area contributed by atoms with Gasteiger partial charge in [-0.05, 0) is 48.7 Å². The Kier molecular flexibility index (Phi) is 5.22. The molecule has 0 amide bonds. The maximum absolute atomic E-state index is 5.69. The molecule has 2 aromatic carbocycles. The predicted octanol–water partition coefficient (Wildman–Crippen LogP) is 5.24. The molecule has 0 heterocycles. The van der Waals surface area contributed by atoms with Crippen LogP contribution in [0.3, 0.4) is 0 Å². The third-order valence-corrected chi connectivity index (χ3v) is 3.20. The maximum Gasteiger partial charge on any atom is 0.119 e. The van der Waals surface area contributed by atoms with Crippen LogP contribution < -0.4 is 4.74 Å². The number of halogens is 1. The first-order valence-corrected chi connectivity index (χ1v) is 7.15. The molecule has 0 spiro atoms. The quantitative estimate of drug-likeness (QED) is 0.685. The molecule has 98 valence electrons. The maximum atomic E-state index is 5.69. The molecule has 0 aliphatic heterocycles. The van der Waals surface area contributed by atoms with Crippen LogP contribution in [0.15, 0.2) is 59.1 Å². The van der Waals surface area contributed by atoms with Crippen LogP contribution in [0.2, 0.25) is 0 Å². The molecule has 0 aliphatic carbocycles. The molecule has 0 unspecified atom stereocenters.